The molecule has 0 bridgehead atoms. The lowest BCUT2D eigenvalue weighted by atomic mass is 10.0. The predicted octanol–water partition coefficient (Wildman–Crippen LogP) is 2.73. The summed E-state index contributed by atoms with van der Waals surface area (Å²) in [5.74, 6) is -0.00555. The third-order valence-electron chi connectivity index (χ3n) is 3.27. The van der Waals surface area contributed by atoms with Crippen LogP contribution in [0.4, 0.5) is 0 Å². The van der Waals surface area contributed by atoms with Gasteiger partial charge in [0.15, 0.2) is 0 Å². The van der Waals surface area contributed by atoms with Gasteiger partial charge in [-0.1, -0.05) is 30.3 Å². The first kappa shape index (κ1) is 13.1. The maximum absolute atomic E-state index is 12.2. The third kappa shape index (κ3) is 2.84. The van der Waals surface area contributed by atoms with Gasteiger partial charge in [-0.25, -0.2) is 0 Å². The van der Waals surface area contributed by atoms with Crippen molar-refractivity contribution in [2.45, 2.75) is 6.42 Å². The second-order valence-corrected chi connectivity index (χ2v) is 4.78. The number of aromatic hydroxyl groups is 1. The average molecular weight is 278 g/mol. The van der Waals surface area contributed by atoms with E-state index in [0.717, 1.165) is 5.56 Å². The van der Waals surface area contributed by atoms with Crippen molar-refractivity contribution in [1.29, 1.82) is 0 Å². The van der Waals surface area contributed by atoms with Gasteiger partial charge in [0, 0.05) is 30.6 Å². The van der Waals surface area contributed by atoms with Crippen molar-refractivity contribution in [1.82, 2.24) is 9.97 Å². The standard InChI is InChI=1S/C17H14N2O2/c20-15-11-14(10-12-6-8-18-9-7-12)19-17(21)16(15)13-4-2-1-3-5-13/h1-9,11H,10H2,(H2,19,20,21). The highest BCUT2D eigenvalue weighted by molar-refractivity contribution is 5.69. The molecule has 0 saturated carbocycles. The molecular formula is C17H14N2O2. The minimum Gasteiger partial charge on any atom is -0.507 e. The summed E-state index contributed by atoms with van der Waals surface area (Å²) < 4.78 is 0. The number of rotatable bonds is 3. The number of hydrogen-bond acceptors (Lipinski definition) is 3. The van der Waals surface area contributed by atoms with Crippen LogP contribution < -0.4 is 5.56 Å². The molecule has 4 heteroatoms. The van der Waals surface area contributed by atoms with E-state index < -0.39 is 0 Å². The van der Waals surface area contributed by atoms with Gasteiger partial charge in [0.2, 0.25) is 0 Å². The highest BCUT2D eigenvalue weighted by Crippen LogP contribution is 2.25. The van der Waals surface area contributed by atoms with Crippen LogP contribution in [0.2, 0.25) is 0 Å². The summed E-state index contributed by atoms with van der Waals surface area (Å²) in [5.41, 5.74) is 2.40. The summed E-state index contributed by atoms with van der Waals surface area (Å²) in [6, 6.07) is 14.5. The smallest absolute Gasteiger partial charge is 0.259 e. The van der Waals surface area contributed by atoms with E-state index in [0.29, 0.717) is 23.2 Å². The fourth-order valence-electron chi connectivity index (χ4n) is 2.30. The molecule has 0 spiro atoms. The Labute approximate surface area is 121 Å². The minimum atomic E-state index is -0.287. The van der Waals surface area contributed by atoms with Gasteiger partial charge >= 0.3 is 0 Å². The minimum absolute atomic E-state index is 0.00555. The normalized spacial score (nSPS) is 10.5. The molecular weight excluding hydrogens is 264 g/mol. The van der Waals surface area contributed by atoms with Gasteiger partial charge < -0.3 is 10.1 Å². The number of benzene rings is 1. The van der Waals surface area contributed by atoms with Crippen LogP contribution in [0.1, 0.15) is 11.3 Å². The molecule has 0 fully saturated rings. The molecule has 2 N–H and O–H groups in total. The maximum Gasteiger partial charge on any atom is 0.259 e. The summed E-state index contributed by atoms with van der Waals surface area (Å²) in [4.78, 5) is 19.0. The number of H-pyrrole nitrogens is 1. The van der Waals surface area contributed by atoms with Crippen molar-refractivity contribution < 1.29 is 5.11 Å². The quantitative estimate of drug-likeness (QED) is 0.774. The Balaban J connectivity index is 1.99. The van der Waals surface area contributed by atoms with Crippen molar-refractivity contribution in [3.8, 4) is 16.9 Å². The van der Waals surface area contributed by atoms with Crippen molar-refractivity contribution in [3.05, 3.63) is 82.5 Å². The first-order chi connectivity index (χ1) is 10.2. The fourth-order valence-corrected chi connectivity index (χ4v) is 2.30. The Morgan fingerprint density at radius 1 is 1.05 bits per heavy atom. The van der Waals surface area contributed by atoms with Crippen LogP contribution in [0.3, 0.4) is 0 Å². The van der Waals surface area contributed by atoms with Gasteiger partial charge in [0.1, 0.15) is 5.75 Å². The molecule has 0 atom stereocenters. The Morgan fingerprint density at radius 2 is 1.76 bits per heavy atom. The molecule has 4 nitrogen and oxygen atoms in total. The van der Waals surface area contributed by atoms with Crippen LogP contribution in [-0.4, -0.2) is 15.1 Å². The van der Waals surface area contributed by atoms with E-state index in [1.165, 1.54) is 0 Å². The largest absolute Gasteiger partial charge is 0.507 e. The molecule has 104 valence electrons. The van der Waals surface area contributed by atoms with E-state index in [1.807, 2.05) is 30.3 Å². The summed E-state index contributed by atoms with van der Waals surface area (Å²) in [7, 11) is 0. The van der Waals surface area contributed by atoms with Gasteiger partial charge in [0.25, 0.3) is 5.56 Å². The first-order valence-electron chi connectivity index (χ1n) is 6.63. The first-order valence-corrected chi connectivity index (χ1v) is 6.63. The van der Waals surface area contributed by atoms with E-state index in [9.17, 15) is 9.90 Å². The summed E-state index contributed by atoms with van der Waals surface area (Å²) in [6.07, 6.45) is 3.94. The molecule has 0 aliphatic carbocycles. The molecule has 1 aromatic carbocycles. The van der Waals surface area contributed by atoms with Crippen LogP contribution in [0, 0.1) is 0 Å². The zero-order chi connectivity index (χ0) is 14.7. The zero-order valence-corrected chi connectivity index (χ0v) is 11.3. The average Bonchev–Trinajstić information content (AvgIpc) is 2.49. The molecule has 21 heavy (non-hydrogen) atoms. The van der Waals surface area contributed by atoms with Crippen molar-refractivity contribution in [3.63, 3.8) is 0 Å². The molecule has 0 radical (unpaired) electrons. The van der Waals surface area contributed by atoms with Crippen LogP contribution in [0.25, 0.3) is 11.1 Å². The lowest BCUT2D eigenvalue weighted by Crippen LogP contribution is -2.12. The molecule has 3 rings (SSSR count). The van der Waals surface area contributed by atoms with Crippen molar-refractivity contribution in [2.75, 3.05) is 0 Å². The van der Waals surface area contributed by atoms with E-state index in [-0.39, 0.29) is 11.3 Å². The summed E-state index contributed by atoms with van der Waals surface area (Å²) >= 11 is 0. The van der Waals surface area contributed by atoms with Gasteiger partial charge in [0.05, 0.1) is 5.56 Å². The van der Waals surface area contributed by atoms with Gasteiger partial charge in [-0.15, -0.1) is 0 Å². The maximum atomic E-state index is 12.2. The van der Waals surface area contributed by atoms with Crippen molar-refractivity contribution in [2.24, 2.45) is 0 Å². The van der Waals surface area contributed by atoms with Crippen LogP contribution in [0.15, 0.2) is 65.7 Å². The topological polar surface area (TPSA) is 66.0 Å². The molecule has 2 heterocycles. The van der Waals surface area contributed by atoms with E-state index >= 15 is 0 Å². The Hall–Kier alpha value is -2.88. The zero-order valence-electron chi connectivity index (χ0n) is 11.3. The second-order valence-electron chi connectivity index (χ2n) is 4.78. The lowest BCUT2D eigenvalue weighted by Gasteiger charge is -2.07. The van der Waals surface area contributed by atoms with Gasteiger partial charge in [-0.2, -0.15) is 0 Å². The number of pyridine rings is 2. The predicted molar refractivity (Wildman–Crippen MR) is 81.2 cm³/mol. The van der Waals surface area contributed by atoms with Gasteiger partial charge in [-0.3, -0.25) is 9.78 Å². The Kier molecular flexibility index (Phi) is 3.51. The highest BCUT2D eigenvalue weighted by atomic mass is 16.3. The van der Waals surface area contributed by atoms with Crippen LogP contribution >= 0.6 is 0 Å². The summed E-state index contributed by atoms with van der Waals surface area (Å²) in [5, 5.41) is 10.2. The SMILES string of the molecule is O=c1[nH]c(Cc2ccncc2)cc(O)c1-c1ccccc1. The second kappa shape index (κ2) is 5.63. The molecule has 0 saturated heterocycles. The number of nitrogens with one attached hydrogen (secondary N) is 1. The van der Waals surface area contributed by atoms with Gasteiger partial charge in [-0.05, 0) is 23.3 Å². The summed E-state index contributed by atoms with van der Waals surface area (Å²) in [6.45, 7) is 0. The Bertz CT molecular complexity index is 796. The van der Waals surface area contributed by atoms with Crippen LogP contribution in [-0.2, 0) is 6.42 Å². The number of hydrogen-bond donors (Lipinski definition) is 2. The van der Waals surface area contributed by atoms with E-state index in [1.54, 1.807) is 30.6 Å². The molecule has 2 aromatic heterocycles. The van der Waals surface area contributed by atoms with Crippen molar-refractivity contribution >= 4 is 0 Å². The van der Waals surface area contributed by atoms with E-state index in [2.05, 4.69) is 9.97 Å². The molecule has 3 aromatic rings. The molecule has 0 aliphatic rings. The molecule has 0 unspecified atom stereocenters. The number of nitrogens with zero attached hydrogens (tertiary/aromatic N) is 1. The Morgan fingerprint density at radius 3 is 2.43 bits per heavy atom. The highest BCUT2D eigenvalue weighted by Gasteiger charge is 2.11. The van der Waals surface area contributed by atoms with E-state index in [4.69, 9.17) is 0 Å². The van der Waals surface area contributed by atoms with Crippen LogP contribution in [0.5, 0.6) is 5.75 Å². The monoisotopic (exact) mass is 278 g/mol. The lowest BCUT2D eigenvalue weighted by molar-refractivity contribution is 0.475. The number of aromatic amines is 1. The third-order valence-corrected chi connectivity index (χ3v) is 3.27. The molecule has 0 aliphatic heterocycles. The fraction of sp³-hybridized carbons (Fsp3) is 0.0588. The molecule has 0 amide bonds. The number of aromatic nitrogens is 2.